The maximum Gasteiger partial charge on any atom is 0.255 e. The Labute approximate surface area is 122 Å². The molecule has 3 nitrogen and oxygen atoms in total. The summed E-state index contributed by atoms with van der Waals surface area (Å²) in [6.07, 6.45) is 5.14. The molecule has 0 amide bonds. The first-order valence-electron chi connectivity index (χ1n) is 7.11. The molecule has 0 radical (unpaired) electrons. The van der Waals surface area contributed by atoms with E-state index in [4.69, 9.17) is 12.2 Å². The molecule has 1 atom stereocenters. The van der Waals surface area contributed by atoms with Crippen molar-refractivity contribution in [2.75, 3.05) is 0 Å². The SMILES string of the molecule is O=c1[nH]c(=S)[nH]c2c1CCC1(CCc3ccccc31)C2. The van der Waals surface area contributed by atoms with Gasteiger partial charge in [0.05, 0.1) is 0 Å². The topological polar surface area (TPSA) is 48.6 Å². The molecule has 20 heavy (non-hydrogen) atoms. The molecule has 1 spiro atoms. The zero-order valence-corrected chi connectivity index (χ0v) is 12.0. The van der Waals surface area contributed by atoms with Crippen LogP contribution < -0.4 is 5.56 Å². The lowest BCUT2D eigenvalue weighted by molar-refractivity contribution is 0.362. The van der Waals surface area contributed by atoms with Gasteiger partial charge in [-0.25, -0.2) is 0 Å². The summed E-state index contributed by atoms with van der Waals surface area (Å²) in [7, 11) is 0. The Kier molecular flexibility index (Phi) is 2.51. The van der Waals surface area contributed by atoms with Gasteiger partial charge in [-0.1, -0.05) is 24.3 Å². The Balaban J connectivity index is 1.85. The third-order valence-corrected chi connectivity index (χ3v) is 5.16. The molecule has 102 valence electrons. The number of hydrogen-bond donors (Lipinski definition) is 2. The van der Waals surface area contributed by atoms with E-state index in [-0.39, 0.29) is 11.0 Å². The van der Waals surface area contributed by atoms with Gasteiger partial charge < -0.3 is 4.98 Å². The molecule has 2 N–H and O–H groups in total. The second-order valence-corrected chi connectivity index (χ2v) is 6.39. The average molecular weight is 284 g/mol. The van der Waals surface area contributed by atoms with Crippen molar-refractivity contribution in [1.82, 2.24) is 9.97 Å². The molecule has 2 aromatic rings. The summed E-state index contributed by atoms with van der Waals surface area (Å²) >= 11 is 5.11. The number of fused-ring (bicyclic) bond motifs is 3. The minimum absolute atomic E-state index is 0.00937. The number of H-pyrrole nitrogens is 2. The van der Waals surface area contributed by atoms with Crippen molar-refractivity contribution >= 4 is 12.2 Å². The van der Waals surface area contributed by atoms with Crippen molar-refractivity contribution in [3.63, 3.8) is 0 Å². The van der Waals surface area contributed by atoms with E-state index in [9.17, 15) is 4.79 Å². The van der Waals surface area contributed by atoms with Crippen LogP contribution in [-0.2, 0) is 24.7 Å². The van der Waals surface area contributed by atoms with E-state index in [0.717, 1.165) is 36.9 Å². The normalized spacial score (nSPS) is 23.6. The zero-order valence-electron chi connectivity index (χ0n) is 11.2. The molecule has 0 aliphatic heterocycles. The van der Waals surface area contributed by atoms with Crippen LogP contribution in [0.1, 0.15) is 35.2 Å². The van der Waals surface area contributed by atoms with E-state index in [1.807, 2.05) is 0 Å². The van der Waals surface area contributed by atoms with Gasteiger partial charge in [-0.15, -0.1) is 0 Å². The summed E-state index contributed by atoms with van der Waals surface area (Å²) in [6.45, 7) is 0. The standard InChI is InChI=1S/C16H16N2OS/c19-14-11-6-8-16(9-13(11)17-15(20)18-14)7-5-10-3-1-2-4-12(10)16/h1-4H,5-9H2,(H2,17,18,19,20). The highest BCUT2D eigenvalue weighted by Gasteiger charge is 2.41. The molecule has 1 heterocycles. The van der Waals surface area contributed by atoms with E-state index in [1.165, 1.54) is 17.5 Å². The molecule has 1 aromatic heterocycles. The van der Waals surface area contributed by atoms with Crippen molar-refractivity contribution in [1.29, 1.82) is 0 Å². The fourth-order valence-corrected chi connectivity index (χ4v) is 4.19. The third-order valence-electron chi connectivity index (χ3n) is 4.96. The van der Waals surface area contributed by atoms with Crippen LogP contribution in [0.25, 0.3) is 0 Å². The predicted molar refractivity (Wildman–Crippen MR) is 80.7 cm³/mol. The van der Waals surface area contributed by atoms with E-state index >= 15 is 0 Å². The van der Waals surface area contributed by atoms with E-state index in [0.29, 0.717) is 4.77 Å². The lowest BCUT2D eigenvalue weighted by Gasteiger charge is -2.35. The first kappa shape index (κ1) is 12.1. The quantitative estimate of drug-likeness (QED) is 0.731. The number of rotatable bonds is 0. The zero-order chi connectivity index (χ0) is 13.7. The predicted octanol–water partition coefficient (Wildman–Crippen LogP) is 2.81. The van der Waals surface area contributed by atoms with Crippen molar-refractivity contribution in [3.8, 4) is 0 Å². The van der Waals surface area contributed by atoms with Gasteiger partial charge in [0.1, 0.15) is 0 Å². The largest absolute Gasteiger partial charge is 0.336 e. The minimum atomic E-state index is -0.00937. The minimum Gasteiger partial charge on any atom is -0.336 e. The van der Waals surface area contributed by atoms with Crippen molar-refractivity contribution in [3.05, 3.63) is 61.8 Å². The number of benzene rings is 1. The van der Waals surface area contributed by atoms with Gasteiger partial charge in [-0.05, 0) is 55.4 Å². The van der Waals surface area contributed by atoms with Gasteiger partial charge in [0, 0.05) is 16.7 Å². The van der Waals surface area contributed by atoms with Crippen LogP contribution in [-0.4, -0.2) is 9.97 Å². The molecule has 2 aliphatic rings. The first-order valence-corrected chi connectivity index (χ1v) is 7.52. The molecule has 0 fully saturated rings. The Morgan fingerprint density at radius 2 is 1.90 bits per heavy atom. The van der Waals surface area contributed by atoms with Crippen LogP contribution in [0.2, 0.25) is 0 Å². The lowest BCUT2D eigenvalue weighted by atomic mass is 9.70. The summed E-state index contributed by atoms with van der Waals surface area (Å²) in [5, 5.41) is 0. The number of aromatic nitrogens is 2. The summed E-state index contributed by atoms with van der Waals surface area (Å²) in [5.41, 5.74) is 5.08. The highest BCUT2D eigenvalue weighted by molar-refractivity contribution is 7.71. The summed E-state index contributed by atoms with van der Waals surface area (Å²) in [6, 6.07) is 8.74. The van der Waals surface area contributed by atoms with Crippen LogP contribution in [0.3, 0.4) is 0 Å². The Bertz CT molecular complexity index is 805. The molecule has 0 saturated heterocycles. The van der Waals surface area contributed by atoms with Gasteiger partial charge in [0.15, 0.2) is 4.77 Å². The van der Waals surface area contributed by atoms with Crippen molar-refractivity contribution < 1.29 is 0 Å². The second kappa shape index (κ2) is 4.16. The summed E-state index contributed by atoms with van der Waals surface area (Å²) < 4.78 is 0.442. The summed E-state index contributed by atoms with van der Waals surface area (Å²) in [4.78, 5) is 17.9. The maximum absolute atomic E-state index is 12.0. The van der Waals surface area contributed by atoms with Gasteiger partial charge in [-0.2, -0.15) is 0 Å². The average Bonchev–Trinajstić information content (AvgIpc) is 2.77. The monoisotopic (exact) mass is 284 g/mol. The Morgan fingerprint density at radius 3 is 2.80 bits per heavy atom. The molecule has 1 unspecified atom stereocenters. The molecule has 0 saturated carbocycles. The van der Waals surface area contributed by atoms with E-state index in [2.05, 4.69) is 34.2 Å². The van der Waals surface area contributed by atoms with E-state index < -0.39 is 0 Å². The highest BCUT2D eigenvalue weighted by Crippen LogP contribution is 2.46. The highest BCUT2D eigenvalue weighted by atomic mass is 32.1. The molecule has 4 heteroatoms. The molecule has 4 rings (SSSR count). The molecule has 0 bridgehead atoms. The second-order valence-electron chi connectivity index (χ2n) is 5.98. The smallest absolute Gasteiger partial charge is 0.255 e. The number of aryl methyl sites for hydroxylation is 1. The van der Waals surface area contributed by atoms with E-state index in [1.54, 1.807) is 0 Å². The van der Waals surface area contributed by atoms with Crippen LogP contribution in [0.4, 0.5) is 0 Å². The first-order chi connectivity index (χ1) is 9.68. The number of nitrogens with one attached hydrogen (secondary N) is 2. The molecular formula is C16H16N2OS. The third kappa shape index (κ3) is 1.64. The maximum atomic E-state index is 12.0. The molecule has 1 aromatic carbocycles. The van der Waals surface area contributed by atoms with Gasteiger partial charge in [0.25, 0.3) is 5.56 Å². The van der Waals surface area contributed by atoms with Gasteiger partial charge in [-0.3, -0.25) is 9.78 Å². The Hall–Kier alpha value is -1.68. The molecular weight excluding hydrogens is 268 g/mol. The van der Waals surface area contributed by atoms with Crippen molar-refractivity contribution in [2.24, 2.45) is 0 Å². The van der Waals surface area contributed by atoms with Gasteiger partial charge >= 0.3 is 0 Å². The van der Waals surface area contributed by atoms with Crippen LogP contribution in [0.15, 0.2) is 29.1 Å². The number of hydrogen-bond acceptors (Lipinski definition) is 2. The Morgan fingerprint density at radius 1 is 1.10 bits per heavy atom. The van der Waals surface area contributed by atoms with Crippen LogP contribution in [0.5, 0.6) is 0 Å². The summed E-state index contributed by atoms with van der Waals surface area (Å²) in [5.74, 6) is 0. The number of aromatic amines is 2. The lowest BCUT2D eigenvalue weighted by Crippen LogP contribution is -2.35. The van der Waals surface area contributed by atoms with Crippen LogP contribution in [0, 0.1) is 4.77 Å². The van der Waals surface area contributed by atoms with Crippen LogP contribution >= 0.6 is 12.2 Å². The fourth-order valence-electron chi connectivity index (χ4n) is 3.97. The fraction of sp³-hybridized carbons (Fsp3) is 0.375. The molecule has 2 aliphatic carbocycles. The van der Waals surface area contributed by atoms with Gasteiger partial charge in [0.2, 0.25) is 0 Å². The van der Waals surface area contributed by atoms with Crippen molar-refractivity contribution in [2.45, 2.75) is 37.5 Å².